The zero-order valence-electron chi connectivity index (χ0n) is 11.4. The number of hydrogen-bond acceptors (Lipinski definition) is 5. The molecular weight excluding hydrogens is 288 g/mol. The van der Waals surface area contributed by atoms with Gasteiger partial charge in [-0.25, -0.2) is 4.79 Å². The zero-order chi connectivity index (χ0) is 15.0. The molecule has 0 amide bonds. The number of carboxylic acid groups (broad SMARTS) is 1. The lowest BCUT2D eigenvalue weighted by molar-refractivity contribution is 0.0698. The lowest BCUT2D eigenvalue weighted by Gasteiger charge is -2.09. The van der Waals surface area contributed by atoms with Gasteiger partial charge in [0.05, 0.1) is 5.52 Å². The van der Waals surface area contributed by atoms with Crippen molar-refractivity contribution >= 4 is 38.3 Å². The average Bonchev–Trinajstić information content (AvgIpc) is 2.84. The minimum absolute atomic E-state index is 0.172. The Morgan fingerprint density at radius 3 is 3.00 bits per heavy atom. The van der Waals surface area contributed by atoms with Crippen LogP contribution in [-0.2, 0) is 0 Å². The predicted molar refractivity (Wildman–Crippen MR) is 83.2 cm³/mol. The zero-order valence-corrected chi connectivity index (χ0v) is 12.2. The van der Waals surface area contributed by atoms with Crippen molar-refractivity contribution < 1.29 is 14.6 Å². The van der Waals surface area contributed by atoms with Crippen molar-refractivity contribution in [1.29, 1.82) is 0 Å². The van der Waals surface area contributed by atoms with Crippen LogP contribution in [0.15, 0.2) is 30.5 Å². The predicted octanol–water partition coefficient (Wildman–Crippen LogP) is 2.87. The maximum Gasteiger partial charge on any atom is 0.349 e. The van der Waals surface area contributed by atoms with Crippen molar-refractivity contribution in [2.24, 2.45) is 5.73 Å². The summed E-state index contributed by atoms with van der Waals surface area (Å²) < 4.78 is 6.57. The molecule has 0 aliphatic heterocycles. The number of fused-ring (bicyclic) bond motifs is 3. The highest BCUT2D eigenvalue weighted by Gasteiger charge is 2.21. The summed E-state index contributed by atoms with van der Waals surface area (Å²) >= 11 is 1.21. The molecule has 3 rings (SSSR count). The van der Waals surface area contributed by atoms with E-state index in [9.17, 15) is 9.90 Å². The topological polar surface area (TPSA) is 85.4 Å². The second kappa shape index (κ2) is 5.31. The fourth-order valence-corrected chi connectivity index (χ4v) is 3.22. The molecule has 0 saturated carbocycles. The van der Waals surface area contributed by atoms with Crippen molar-refractivity contribution in [3.05, 3.63) is 35.3 Å². The van der Waals surface area contributed by atoms with Gasteiger partial charge in [0, 0.05) is 27.7 Å². The third-order valence-corrected chi connectivity index (χ3v) is 4.20. The number of nitrogens with zero attached hydrogens (tertiary/aromatic N) is 1. The molecule has 1 atom stereocenters. The van der Waals surface area contributed by atoms with Crippen LogP contribution >= 0.6 is 11.3 Å². The van der Waals surface area contributed by atoms with E-state index >= 15 is 0 Å². The molecule has 21 heavy (non-hydrogen) atoms. The average molecular weight is 302 g/mol. The van der Waals surface area contributed by atoms with Crippen molar-refractivity contribution in [3.8, 4) is 5.75 Å². The van der Waals surface area contributed by atoms with E-state index in [1.165, 1.54) is 11.3 Å². The molecule has 1 aromatic carbocycles. The summed E-state index contributed by atoms with van der Waals surface area (Å²) in [6, 6.07) is 7.33. The van der Waals surface area contributed by atoms with Gasteiger partial charge < -0.3 is 15.6 Å². The van der Waals surface area contributed by atoms with Crippen LogP contribution in [0.5, 0.6) is 5.75 Å². The Balaban J connectivity index is 2.30. The van der Waals surface area contributed by atoms with Crippen LogP contribution in [0.2, 0.25) is 0 Å². The summed E-state index contributed by atoms with van der Waals surface area (Å²) in [4.78, 5) is 16.0. The highest BCUT2D eigenvalue weighted by molar-refractivity contribution is 7.21. The largest absolute Gasteiger partial charge is 0.490 e. The van der Waals surface area contributed by atoms with Crippen LogP contribution in [0, 0.1) is 0 Å². The van der Waals surface area contributed by atoms with E-state index in [0.717, 1.165) is 21.0 Å². The van der Waals surface area contributed by atoms with Crippen LogP contribution < -0.4 is 10.5 Å². The molecule has 1 unspecified atom stereocenters. The first-order chi connectivity index (χ1) is 10.1. The number of ether oxygens (including phenoxy) is 1. The van der Waals surface area contributed by atoms with Gasteiger partial charge in [0.1, 0.15) is 6.61 Å². The summed E-state index contributed by atoms with van der Waals surface area (Å²) in [7, 11) is 0. The van der Waals surface area contributed by atoms with Crippen molar-refractivity contribution in [2.75, 3.05) is 6.61 Å². The van der Waals surface area contributed by atoms with Gasteiger partial charge in [-0.3, -0.25) is 4.98 Å². The fraction of sp³-hybridized carbons (Fsp3) is 0.200. The lowest BCUT2D eigenvalue weighted by atomic mass is 10.1. The van der Waals surface area contributed by atoms with Gasteiger partial charge in [-0.05, 0) is 25.1 Å². The van der Waals surface area contributed by atoms with Gasteiger partial charge in [0.25, 0.3) is 0 Å². The van der Waals surface area contributed by atoms with Gasteiger partial charge in [-0.15, -0.1) is 11.3 Å². The second-order valence-corrected chi connectivity index (χ2v) is 5.91. The van der Waals surface area contributed by atoms with Crippen LogP contribution in [0.25, 0.3) is 21.0 Å². The molecule has 3 N–H and O–H groups in total. The molecule has 3 aromatic rings. The Hall–Kier alpha value is -2.18. The number of hydrogen-bond donors (Lipinski definition) is 2. The first kappa shape index (κ1) is 13.8. The number of thiophene rings is 1. The number of carbonyl (C=O) groups is 1. The number of benzene rings is 1. The van der Waals surface area contributed by atoms with Crippen molar-refractivity contribution in [3.63, 3.8) is 0 Å². The molecular formula is C15H14N2O3S. The maximum atomic E-state index is 11.5. The Labute approximate surface area is 125 Å². The molecule has 0 saturated heterocycles. The number of aromatic carboxylic acids is 1. The number of aromatic nitrogens is 1. The molecule has 0 radical (unpaired) electrons. The van der Waals surface area contributed by atoms with Crippen molar-refractivity contribution in [1.82, 2.24) is 4.98 Å². The standard InChI is InChI=1S/C15H14N2O3S/c1-8(16)7-20-13-12-9-3-2-6-17-10(9)4-5-11(12)21-14(13)15(18)19/h2-6,8H,7,16H2,1H3,(H,18,19). The highest BCUT2D eigenvalue weighted by Crippen LogP contribution is 2.41. The van der Waals surface area contributed by atoms with Gasteiger partial charge in [0.15, 0.2) is 10.6 Å². The molecule has 2 aromatic heterocycles. The van der Waals surface area contributed by atoms with Gasteiger partial charge in [-0.2, -0.15) is 0 Å². The molecule has 5 nitrogen and oxygen atoms in total. The van der Waals surface area contributed by atoms with E-state index in [4.69, 9.17) is 10.5 Å². The summed E-state index contributed by atoms with van der Waals surface area (Å²) in [5.41, 5.74) is 6.52. The molecule has 0 spiro atoms. The van der Waals surface area contributed by atoms with Gasteiger partial charge in [0.2, 0.25) is 0 Å². The third kappa shape index (κ3) is 2.43. The third-order valence-electron chi connectivity index (χ3n) is 3.08. The summed E-state index contributed by atoms with van der Waals surface area (Å²) in [6.07, 6.45) is 1.71. The number of pyridine rings is 1. The normalized spacial score (nSPS) is 12.7. The molecule has 0 fully saturated rings. The number of rotatable bonds is 4. The van der Waals surface area contributed by atoms with E-state index in [0.29, 0.717) is 5.75 Å². The Morgan fingerprint density at radius 1 is 1.48 bits per heavy atom. The minimum atomic E-state index is -0.993. The van der Waals surface area contributed by atoms with Gasteiger partial charge >= 0.3 is 5.97 Å². The number of carboxylic acids is 1. The Bertz CT molecular complexity index is 826. The second-order valence-electron chi connectivity index (χ2n) is 4.86. The molecule has 0 aliphatic rings. The fourth-order valence-electron chi connectivity index (χ4n) is 2.21. The quantitative estimate of drug-likeness (QED) is 0.774. The smallest absolute Gasteiger partial charge is 0.349 e. The van der Waals surface area contributed by atoms with E-state index < -0.39 is 5.97 Å². The molecule has 0 aliphatic carbocycles. The van der Waals surface area contributed by atoms with E-state index in [2.05, 4.69) is 4.98 Å². The minimum Gasteiger partial charge on any atom is -0.490 e. The van der Waals surface area contributed by atoms with Gasteiger partial charge in [-0.1, -0.05) is 6.07 Å². The molecule has 108 valence electrons. The monoisotopic (exact) mass is 302 g/mol. The maximum absolute atomic E-state index is 11.5. The molecule has 2 heterocycles. The summed E-state index contributed by atoms with van der Waals surface area (Å²) in [5, 5.41) is 11.1. The van der Waals surface area contributed by atoms with Crippen LogP contribution in [0.3, 0.4) is 0 Å². The van der Waals surface area contributed by atoms with E-state index in [1.54, 1.807) is 6.20 Å². The first-order valence-electron chi connectivity index (χ1n) is 6.50. The Morgan fingerprint density at radius 2 is 2.29 bits per heavy atom. The number of nitrogens with two attached hydrogens (primary N) is 1. The van der Waals surface area contributed by atoms with Crippen LogP contribution in [0.1, 0.15) is 16.6 Å². The molecule has 0 bridgehead atoms. The SMILES string of the molecule is CC(N)COc1c(C(=O)O)sc2ccc3ncccc3c12. The van der Waals surface area contributed by atoms with Crippen LogP contribution in [-0.4, -0.2) is 28.7 Å². The van der Waals surface area contributed by atoms with Crippen molar-refractivity contribution in [2.45, 2.75) is 13.0 Å². The Kier molecular flexibility index (Phi) is 3.48. The lowest BCUT2D eigenvalue weighted by Crippen LogP contribution is -2.24. The molecule has 6 heteroatoms. The van der Waals surface area contributed by atoms with Crippen LogP contribution in [0.4, 0.5) is 0 Å². The first-order valence-corrected chi connectivity index (χ1v) is 7.31. The summed E-state index contributed by atoms with van der Waals surface area (Å²) in [6.45, 7) is 2.08. The van der Waals surface area contributed by atoms with E-state index in [1.807, 2.05) is 31.2 Å². The van der Waals surface area contributed by atoms with E-state index in [-0.39, 0.29) is 17.5 Å². The summed E-state index contributed by atoms with van der Waals surface area (Å²) in [5.74, 6) is -0.605. The highest BCUT2D eigenvalue weighted by atomic mass is 32.1.